The fraction of sp³-hybridized carbons (Fsp3) is 0. The van der Waals surface area contributed by atoms with Crippen LogP contribution in [0.25, 0.3) is 5.82 Å². The highest BCUT2D eigenvalue weighted by atomic mass is 16.1. The molecule has 0 saturated carbocycles. The smallest absolute Gasteiger partial charge is 0.269 e. The van der Waals surface area contributed by atoms with Crippen LogP contribution in [-0.4, -0.2) is 20.7 Å². The maximum atomic E-state index is 10.9. The van der Waals surface area contributed by atoms with Gasteiger partial charge in [0.05, 0.1) is 17.4 Å². The van der Waals surface area contributed by atoms with Gasteiger partial charge in [0.2, 0.25) is 0 Å². The van der Waals surface area contributed by atoms with E-state index in [0.29, 0.717) is 11.5 Å². The molecule has 0 aromatic carbocycles. The van der Waals surface area contributed by atoms with Gasteiger partial charge in [0.15, 0.2) is 5.82 Å². The lowest BCUT2D eigenvalue weighted by atomic mass is 10.2. The van der Waals surface area contributed by atoms with Gasteiger partial charge < -0.3 is 11.5 Å². The van der Waals surface area contributed by atoms with Crippen LogP contribution in [0.15, 0.2) is 24.5 Å². The van der Waals surface area contributed by atoms with Crippen molar-refractivity contribution in [3.63, 3.8) is 0 Å². The highest BCUT2D eigenvalue weighted by molar-refractivity contribution is 5.90. The first-order chi connectivity index (χ1) is 8.11. The lowest BCUT2D eigenvalue weighted by molar-refractivity contribution is 0.0995. The molecule has 0 saturated heterocycles. The normalized spacial score (nSPS) is 9.82. The SMILES string of the molecule is N#Cc1cc(N)cnc1-n1ccc(C(N)=O)n1. The number of nitrogens with two attached hydrogens (primary N) is 2. The summed E-state index contributed by atoms with van der Waals surface area (Å²) in [6, 6.07) is 4.88. The number of nitrogen functional groups attached to an aromatic ring is 1. The van der Waals surface area contributed by atoms with E-state index < -0.39 is 5.91 Å². The van der Waals surface area contributed by atoms with Crippen molar-refractivity contribution in [2.24, 2.45) is 5.73 Å². The van der Waals surface area contributed by atoms with Gasteiger partial charge >= 0.3 is 0 Å². The molecule has 2 heterocycles. The standard InChI is InChI=1S/C10H8N6O/c11-4-6-3-7(12)5-14-10(6)16-2-1-8(15-16)9(13)17/h1-3,5H,12H2,(H2,13,17). The van der Waals surface area contributed by atoms with Crippen molar-refractivity contribution in [1.82, 2.24) is 14.8 Å². The average molecular weight is 228 g/mol. The molecule has 0 fully saturated rings. The van der Waals surface area contributed by atoms with Gasteiger partial charge in [-0.25, -0.2) is 9.67 Å². The van der Waals surface area contributed by atoms with E-state index in [1.54, 1.807) is 0 Å². The first-order valence-electron chi connectivity index (χ1n) is 4.63. The summed E-state index contributed by atoms with van der Waals surface area (Å²) in [5.74, 6) is -0.341. The fourth-order valence-corrected chi connectivity index (χ4v) is 1.31. The molecule has 0 atom stereocenters. The molecule has 17 heavy (non-hydrogen) atoms. The molecular formula is C10H8N6O. The molecule has 7 nitrogen and oxygen atoms in total. The Morgan fingerprint density at radius 1 is 1.53 bits per heavy atom. The summed E-state index contributed by atoms with van der Waals surface area (Å²) in [6.07, 6.45) is 2.90. The molecule has 0 radical (unpaired) electrons. The van der Waals surface area contributed by atoms with E-state index in [4.69, 9.17) is 16.7 Å². The van der Waals surface area contributed by atoms with Crippen LogP contribution >= 0.6 is 0 Å². The summed E-state index contributed by atoms with van der Waals surface area (Å²) >= 11 is 0. The van der Waals surface area contributed by atoms with E-state index in [-0.39, 0.29) is 11.3 Å². The highest BCUT2D eigenvalue weighted by Gasteiger charge is 2.10. The summed E-state index contributed by atoms with van der Waals surface area (Å²) in [5.41, 5.74) is 11.4. The third kappa shape index (κ3) is 1.91. The number of hydrogen-bond acceptors (Lipinski definition) is 5. The fourth-order valence-electron chi connectivity index (χ4n) is 1.31. The van der Waals surface area contributed by atoms with Crippen LogP contribution in [0.5, 0.6) is 0 Å². The number of rotatable bonds is 2. The molecule has 4 N–H and O–H groups in total. The largest absolute Gasteiger partial charge is 0.397 e. The minimum Gasteiger partial charge on any atom is -0.397 e. The van der Waals surface area contributed by atoms with E-state index in [2.05, 4.69) is 10.1 Å². The Balaban J connectivity index is 2.53. The summed E-state index contributed by atoms with van der Waals surface area (Å²) in [7, 11) is 0. The average Bonchev–Trinajstić information content (AvgIpc) is 2.78. The van der Waals surface area contributed by atoms with Gasteiger partial charge in [-0.05, 0) is 12.1 Å². The van der Waals surface area contributed by atoms with E-state index in [1.165, 1.54) is 29.2 Å². The molecule has 2 aromatic rings. The van der Waals surface area contributed by atoms with E-state index >= 15 is 0 Å². The van der Waals surface area contributed by atoms with Crippen molar-refractivity contribution in [2.75, 3.05) is 5.73 Å². The van der Waals surface area contributed by atoms with Gasteiger partial charge in [-0.1, -0.05) is 0 Å². The molecule has 2 aromatic heterocycles. The Morgan fingerprint density at radius 2 is 2.29 bits per heavy atom. The molecular weight excluding hydrogens is 220 g/mol. The second kappa shape index (κ2) is 3.94. The predicted octanol–water partition coefficient (Wildman–Crippen LogP) is -0.180. The maximum absolute atomic E-state index is 10.9. The molecule has 1 amide bonds. The third-order valence-electron chi connectivity index (χ3n) is 2.07. The minimum absolute atomic E-state index is 0.104. The van der Waals surface area contributed by atoms with Crippen LogP contribution in [0.4, 0.5) is 5.69 Å². The van der Waals surface area contributed by atoms with Crippen LogP contribution in [0.1, 0.15) is 16.1 Å². The van der Waals surface area contributed by atoms with Gasteiger partial charge in [0.1, 0.15) is 11.8 Å². The summed E-state index contributed by atoms with van der Waals surface area (Å²) in [4.78, 5) is 14.9. The first kappa shape index (κ1) is 10.6. The zero-order chi connectivity index (χ0) is 12.4. The number of nitriles is 1. The Kier molecular flexibility index (Phi) is 2.46. The van der Waals surface area contributed by atoms with E-state index in [1.807, 2.05) is 6.07 Å². The zero-order valence-electron chi connectivity index (χ0n) is 8.66. The number of anilines is 1. The van der Waals surface area contributed by atoms with Gasteiger partial charge in [-0.2, -0.15) is 10.4 Å². The molecule has 7 heteroatoms. The number of amides is 1. The molecule has 0 bridgehead atoms. The van der Waals surface area contributed by atoms with Crippen LogP contribution in [0.2, 0.25) is 0 Å². The summed E-state index contributed by atoms with van der Waals surface area (Å²) < 4.78 is 1.30. The lowest BCUT2D eigenvalue weighted by Gasteiger charge is -2.03. The monoisotopic (exact) mass is 228 g/mol. The lowest BCUT2D eigenvalue weighted by Crippen LogP contribution is -2.12. The number of hydrogen-bond donors (Lipinski definition) is 2. The number of aromatic nitrogens is 3. The summed E-state index contributed by atoms with van der Waals surface area (Å²) in [6.45, 7) is 0. The molecule has 0 aliphatic heterocycles. The molecule has 84 valence electrons. The van der Waals surface area contributed by atoms with Crippen molar-refractivity contribution in [3.8, 4) is 11.9 Å². The van der Waals surface area contributed by atoms with E-state index in [9.17, 15) is 4.79 Å². The van der Waals surface area contributed by atoms with Gasteiger partial charge in [0.25, 0.3) is 5.91 Å². The van der Waals surface area contributed by atoms with Gasteiger partial charge in [-0.3, -0.25) is 4.79 Å². The topological polar surface area (TPSA) is 124 Å². The number of nitrogens with zero attached hydrogens (tertiary/aromatic N) is 4. The first-order valence-corrected chi connectivity index (χ1v) is 4.63. The number of carbonyl (C=O) groups excluding carboxylic acids is 1. The number of pyridine rings is 1. The molecule has 0 aliphatic rings. The quantitative estimate of drug-likeness (QED) is 0.737. The van der Waals surface area contributed by atoms with Crippen molar-refractivity contribution in [3.05, 3.63) is 35.8 Å². The Morgan fingerprint density at radius 3 is 2.88 bits per heavy atom. The van der Waals surface area contributed by atoms with Gasteiger partial charge in [0, 0.05) is 6.20 Å². The number of carbonyl (C=O) groups is 1. The third-order valence-corrected chi connectivity index (χ3v) is 2.07. The second-order valence-electron chi connectivity index (χ2n) is 3.26. The second-order valence-corrected chi connectivity index (χ2v) is 3.26. The van der Waals surface area contributed by atoms with Crippen LogP contribution in [-0.2, 0) is 0 Å². The summed E-state index contributed by atoms with van der Waals surface area (Å²) in [5, 5.41) is 12.8. The Hall–Kier alpha value is -2.88. The van der Waals surface area contributed by atoms with Crippen molar-refractivity contribution in [2.45, 2.75) is 0 Å². The molecule has 0 spiro atoms. The zero-order valence-corrected chi connectivity index (χ0v) is 8.66. The van der Waals surface area contributed by atoms with Crippen LogP contribution in [0.3, 0.4) is 0 Å². The van der Waals surface area contributed by atoms with Crippen molar-refractivity contribution < 1.29 is 4.79 Å². The minimum atomic E-state index is -0.641. The molecule has 0 unspecified atom stereocenters. The van der Waals surface area contributed by atoms with Crippen molar-refractivity contribution >= 4 is 11.6 Å². The van der Waals surface area contributed by atoms with Crippen LogP contribution in [0, 0.1) is 11.3 Å². The Bertz CT molecular complexity index is 624. The predicted molar refractivity (Wildman–Crippen MR) is 59.0 cm³/mol. The molecule has 0 aliphatic carbocycles. The maximum Gasteiger partial charge on any atom is 0.269 e. The van der Waals surface area contributed by atoms with Crippen LogP contribution < -0.4 is 11.5 Å². The molecule has 2 rings (SSSR count). The van der Waals surface area contributed by atoms with Crippen molar-refractivity contribution in [1.29, 1.82) is 5.26 Å². The van der Waals surface area contributed by atoms with E-state index in [0.717, 1.165) is 0 Å². The Labute approximate surface area is 96.3 Å². The number of primary amides is 1. The highest BCUT2D eigenvalue weighted by Crippen LogP contribution is 2.13. The van der Waals surface area contributed by atoms with Gasteiger partial charge in [-0.15, -0.1) is 0 Å².